The molecular formula is C12H16N4O2. The van der Waals surface area contributed by atoms with Crippen LogP contribution in [0.25, 0.3) is 6.08 Å². The van der Waals surface area contributed by atoms with Crippen LogP contribution in [0.4, 0.5) is 0 Å². The van der Waals surface area contributed by atoms with Crippen LogP contribution in [0, 0.1) is 0 Å². The van der Waals surface area contributed by atoms with Gasteiger partial charge in [-0.3, -0.25) is 0 Å². The van der Waals surface area contributed by atoms with Gasteiger partial charge in [0.05, 0.1) is 18.6 Å². The second kappa shape index (κ2) is 7.16. The molecule has 6 nitrogen and oxygen atoms in total. The van der Waals surface area contributed by atoms with Crippen LogP contribution in [0.5, 0.6) is 0 Å². The van der Waals surface area contributed by atoms with Crippen LogP contribution in [-0.4, -0.2) is 47.9 Å². The molecule has 0 N–H and O–H groups in total. The standard InChI is InChI=1S/C12H16N4O2/c1-4-18-12(17)11(15-9-16(2)3)7-10-5-6-13-8-14-10/h5-9H,4H2,1-3H3/b11-7-,15-9?. The summed E-state index contributed by atoms with van der Waals surface area (Å²) in [5.74, 6) is -0.478. The van der Waals surface area contributed by atoms with E-state index in [0.717, 1.165) is 0 Å². The average molecular weight is 248 g/mol. The van der Waals surface area contributed by atoms with Crippen LogP contribution in [-0.2, 0) is 9.53 Å². The lowest BCUT2D eigenvalue weighted by atomic mass is 10.3. The summed E-state index contributed by atoms with van der Waals surface area (Å²) in [5.41, 5.74) is 0.799. The molecule has 0 bridgehead atoms. The van der Waals surface area contributed by atoms with E-state index in [0.29, 0.717) is 12.3 Å². The van der Waals surface area contributed by atoms with E-state index in [-0.39, 0.29) is 5.70 Å². The maximum Gasteiger partial charge on any atom is 0.357 e. The van der Waals surface area contributed by atoms with Crippen LogP contribution in [0.3, 0.4) is 0 Å². The van der Waals surface area contributed by atoms with E-state index in [1.165, 1.54) is 12.7 Å². The predicted molar refractivity (Wildman–Crippen MR) is 68.8 cm³/mol. The number of carbonyl (C=O) groups excluding carboxylic acids is 1. The minimum Gasteiger partial charge on any atom is -0.461 e. The Morgan fingerprint density at radius 2 is 2.33 bits per heavy atom. The molecule has 0 aromatic carbocycles. The van der Waals surface area contributed by atoms with Gasteiger partial charge in [-0.25, -0.2) is 19.8 Å². The lowest BCUT2D eigenvalue weighted by molar-refractivity contribution is -0.138. The first-order chi connectivity index (χ1) is 8.63. The van der Waals surface area contributed by atoms with Crippen LogP contribution < -0.4 is 0 Å². The van der Waals surface area contributed by atoms with Crippen molar-refractivity contribution in [3.05, 3.63) is 30.0 Å². The van der Waals surface area contributed by atoms with Crippen LogP contribution in [0.1, 0.15) is 12.6 Å². The molecule has 0 radical (unpaired) electrons. The van der Waals surface area contributed by atoms with E-state index in [1.54, 1.807) is 30.2 Å². The van der Waals surface area contributed by atoms with Crippen LogP contribution in [0.2, 0.25) is 0 Å². The smallest absolute Gasteiger partial charge is 0.357 e. The summed E-state index contributed by atoms with van der Waals surface area (Å²) in [6.45, 7) is 2.05. The van der Waals surface area contributed by atoms with Crippen molar-refractivity contribution < 1.29 is 9.53 Å². The van der Waals surface area contributed by atoms with E-state index in [9.17, 15) is 4.79 Å². The van der Waals surface area contributed by atoms with Gasteiger partial charge in [0.2, 0.25) is 0 Å². The Morgan fingerprint density at radius 1 is 1.56 bits per heavy atom. The van der Waals surface area contributed by atoms with Crippen molar-refractivity contribution >= 4 is 18.4 Å². The molecule has 0 saturated heterocycles. The molecule has 0 saturated carbocycles. The molecule has 0 aliphatic rings. The van der Waals surface area contributed by atoms with E-state index >= 15 is 0 Å². The van der Waals surface area contributed by atoms with Crippen molar-refractivity contribution in [3.8, 4) is 0 Å². The van der Waals surface area contributed by atoms with Gasteiger partial charge in [-0.2, -0.15) is 0 Å². The summed E-state index contributed by atoms with van der Waals surface area (Å²) in [6, 6.07) is 1.68. The van der Waals surface area contributed by atoms with E-state index in [1.807, 2.05) is 14.1 Å². The minimum atomic E-state index is -0.478. The molecule has 1 rings (SSSR count). The molecule has 0 aliphatic heterocycles. The highest BCUT2D eigenvalue weighted by molar-refractivity contribution is 5.94. The molecule has 1 aromatic rings. The number of aromatic nitrogens is 2. The monoisotopic (exact) mass is 248 g/mol. The van der Waals surface area contributed by atoms with Crippen LogP contribution >= 0.6 is 0 Å². The van der Waals surface area contributed by atoms with Gasteiger partial charge in [-0.15, -0.1) is 0 Å². The number of hydrogen-bond acceptors (Lipinski definition) is 5. The lowest BCUT2D eigenvalue weighted by Crippen LogP contribution is -2.11. The van der Waals surface area contributed by atoms with Crippen LogP contribution in [0.15, 0.2) is 29.3 Å². The fourth-order valence-electron chi connectivity index (χ4n) is 1.06. The Hall–Kier alpha value is -2.24. The lowest BCUT2D eigenvalue weighted by Gasteiger charge is -2.05. The Balaban J connectivity index is 2.97. The molecule has 96 valence electrons. The zero-order valence-corrected chi connectivity index (χ0v) is 10.7. The second-order valence-corrected chi connectivity index (χ2v) is 3.59. The maximum atomic E-state index is 11.7. The third kappa shape index (κ3) is 4.73. The first kappa shape index (κ1) is 13.8. The number of hydrogen-bond donors (Lipinski definition) is 0. The summed E-state index contributed by atoms with van der Waals surface area (Å²) in [6.07, 6.45) is 6.09. The molecule has 6 heteroatoms. The first-order valence-electron chi connectivity index (χ1n) is 5.49. The van der Waals surface area contributed by atoms with Crippen molar-refractivity contribution in [2.24, 2.45) is 4.99 Å². The summed E-state index contributed by atoms with van der Waals surface area (Å²) in [4.78, 5) is 25.3. The van der Waals surface area contributed by atoms with Gasteiger partial charge in [-0.1, -0.05) is 0 Å². The van der Waals surface area contributed by atoms with Gasteiger partial charge < -0.3 is 9.64 Å². The molecule has 0 spiro atoms. The Morgan fingerprint density at radius 3 is 2.89 bits per heavy atom. The zero-order chi connectivity index (χ0) is 13.4. The van der Waals surface area contributed by atoms with Crippen molar-refractivity contribution in [1.29, 1.82) is 0 Å². The van der Waals surface area contributed by atoms with Gasteiger partial charge in [0.1, 0.15) is 6.33 Å². The number of aliphatic imine (C=N–C) groups is 1. The molecule has 0 unspecified atom stereocenters. The number of ether oxygens (including phenoxy) is 1. The second-order valence-electron chi connectivity index (χ2n) is 3.59. The fourth-order valence-corrected chi connectivity index (χ4v) is 1.06. The third-order valence-electron chi connectivity index (χ3n) is 1.80. The molecule has 0 fully saturated rings. The molecule has 0 amide bonds. The summed E-state index contributed by atoms with van der Waals surface area (Å²) >= 11 is 0. The highest BCUT2D eigenvalue weighted by Gasteiger charge is 2.09. The fraction of sp³-hybridized carbons (Fsp3) is 0.333. The molecule has 1 aromatic heterocycles. The Labute approximate surface area is 106 Å². The van der Waals surface area contributed by atoms with Gasteiger partial charge in [0.25, 0.3) is 0 Å². The van der Waals surface area contributed by atoms with Crippen molar-refractivity contribution in [2.45, 2.75) is 6.92 Å². The SMILES string of the molecule is CCOC(=O)/C(=C/c1ccncn1)N=CN(C)C. The molecule has 1 heterocycles. The number of rotatable bonds is 5. The summed E-state index contributed by atoms with van der Waals surface area (Å²) < 4.78 is 4.93. The zero-order valence-electron chi connectivity index (χ0n) is 10.7. The van der Waals surface area contributed by atoms with E-state index < -0.39 is 5.97 Å². The summed E-state index contributed by atoms with van der Waals surface area (Å²) in [7, 11) is 3.63. The third-order valence-corrected chi connectivity index (χ3v) is 1.80. The summed E-state index contributed by atoms with van der Waals surface area (Å²) in [5, 5.41) is 0. The number of nitrogens with zero attached hydrogens (tertiary/aromatic N) is 4. The molecule has 18 heavy (non-hydrogen) atoms. The highest BCUT2D eigenvalue weighted by Crippen LogP contribution is 2.06. The Bertz CT molecular complexity index is 441. The van der Waals surface area contributed by atoms with Gasteiger partial charge in [0.15, 0.2) is 5.70 Å². The van der Waals surface area contributed by atoms with Gasteiger partial charge in [0, 0.05) is 20.3 Å². The van der Waals surface area contributed by atoms with Gasteiger partial charge >= 0.3 is 5.97 Å². The molecular weight excluding hydrogens is 232 g/mol. The highest BCUT2D eigenvalue weighted by atomic mass is 16.5. The average Bonchev–Trinajstić information content (AvgIpc) is 2.35. The number of esters is 1. The molecule has 0 aliphatic carbocycles. The van der Waals surface area contributed by atoms with Gasteiger partial charge in [-0.05, 0) is 19.1 Å². The number of carbonyl (C=O) groups is 1. The minimum absolute atomic E-state index is 0.198. The Kier molecular flexibility index (Phi) is 5.50. The van der Waals surface area contributed by atoms with Crippen molar-refractivity contribution in [1.82, 2.24) is 14.9 Å². The van der Waals surface area contributed by atoms with Crippen molar-refractivity contribution in [2.75, 3.05) is 20.7 Å². The first-order valence-corrected chi connectivity index (χ1v) is 5.49. The van der Waals surface area contributed by atoms with Crippen molar-refractivity contribution in [3.63, 3.8) is 0 Å². The van der Waals surface area contributed by atoms with E-state index in [4.69, 9.17) is 4.74 Å². The topological polar surface area (TPSA) is 67.7 Å². The maximum absolute atomic E-state index is 11.7. The van der Waals surface area contributed by atoms with E-state index in [2.05, 4.69) is 15.0 Å². The predicted octanol–water partition coefficient (Wildman–Crippen LogP) is 0.970. The molecule has 0 atom stereocenters. The quantitative estimate of drug-likeness (QED) is 0.336. The largest absolute Gasteiger partial charge is 0.461 e. The normalized spacial score (nSPS) is 11.6.